The van der Waals surface area contributed by atoms with Gasteiger partial charge in [0, 0.05) is 24.0 Å². The quantitative estimate of drug-likeness (QED) is 0.640. The SMILES string of the molecule is CC(C)(C)N(Cc1ccccc1)C(=O)C[C@H]1C(=O)N(C(C)(C)C)[C@@H]1c1ccccc1. The predicted molar refractivity (Wildman–Crippen MR) is 121 cm³/mol. The summed E-state index contributed by atoms with van der Waals surface area (Å²) in [6.45, 7) is 12.8. The van der Waals surface area contributed by atoms with Crippen molar-refractivity contribution in [3.63, 3.8) is 0 Å². The molecule has 30 heavy (non-hydrogen) atoms. The number of rotatable bonds is 5. The Kier molecular flexibility index (Phi) is 6.07. The highest BCUT2D eigenvalue weighted by molar-refractivity contribution is 5.92. The van der Waals surface area contributed by atoms with E-state index in [1.54, 1.807) is 0 Å². The Morgan fingerprint density at radius 3 is 1.93 bits per heavy atom. The van der Waals surface area contributed by atoms with Gasteiger partial charge in [-0.05, 0) is 52.7 Å². The Hall–Kier alpha value is -2.62. The Balaban J connectivity index is 1.84. The second-order valence-corrected chi connectivity index (χ2v) is 10.2. The van der Waals surface area contributed by atoms with Gasteiger partial charge >= 0.3 is 0 Å². The summed E-state index contributed by atoms with van der Waals surface area (Å²) in [5.41, 5.74) is 1.57. The van der Waals surface area contributed by atoms with Crippen LogP contribution in [0.1, 0.15) is 65.1 Å². The van der Waals surface area contributed by atoms with Gasteiger partial charge in [0.1, 0.15) is 0 Å². The molecule has 2 aromatic carbocycles. The van der Waals surface area contributed by atoms with Gasteiger partial charge in [0.15, 0.2) is 0 Å². The molecule has 0 N–H and O–H groups in total. The topological polar surface area (TPSA) is 40.6 Å². The van der Waals surface area contributed by atoms with Crippen molar-refractivity contribution < 1.29 is 9.59 Å². The summed E-state index contributed by atoms with van der Waals surface area (Å²) in [6.07, 6.45) is 0.231. The predicted octanol–water partition coefficient (Wildman–Crippen LogP) is 5.20. The molecule has 3 rings (SSSR count). The van der Waals surface area contributed by atoms with E-state index in [2.05, 4.69) is 32.9 Å². The monoisotopic (exact) mass is 406 g/mol. The molecule has 1 aliphatic heterocycles. The van der Waals surface area contributed by atoms with Crippen LogP contribution in [0.3, 0.4) is 0 Å². The van der Waals surface area contributed by atoms with E-state index in [1.807, 2.05) is 79.1 Å². The number of hydrogen-bond donors (Lipinski definition) is 0. The molecule has 2 aromatic rings. The summed E-state index contributed by atoms with van der Waals surface area (Å²) in [6, 6.07) is 20.0. The summed E-state index contributed by atoms with van der Waals surface area (Å²) in [4.78, 5) is 30.4. The highest BCUT2D eigenvalue weighted by atomic mass is 16.2. The van der Waals surface area contributed by atoms with Crippen molar-refractivity contribution in [1.82, 2.24) is 9.80 Å². The number of β-lactam (4-membered cyclic amide) rings is 1. The van der Waals surface area contributed by atoms with Crippen LogP contribution >= 0.6 is 0 Å². The summed E-state index contributed by atoms with van der Waals surface area (Å²) in [7, 11) is 0. The number of likely N-dealkylation sites (tertiary alicyclic amines) is 1. The second-order valence-electron chi connectivity index (χ2n) is 10.2. The van der Waals surface area contributed by atoms with Crippen LogP contribution in [0.2, 0.25) is 0 Å². The highest BCUT2D eigenvalue weighted by Crippen LogP contribution is 2.46. The molecular formula is C26H34N2O2. The maximum absolute atomic E-state index is 13.4. The molecule has 0 saturated carbocycles. The van der Waals surface area contributed by atoms with E-state index in [1.165, 1.54) is 0 Å². The van der Waals surface area contributed by atoms with Crippen LogP contribution in [-0.4, -0.2) is 32.7 Å². The molecule has 1 heterocycles. The zero-order valence-electron chi connectivity index (χ0n) is 19.1. The van der Waals surface area contributed by atoms with E-state index >= 15 is 0 Å². The molecule has 1 saturated heterocycles. The van der Waals surface area contributed by atoms with Gasteiger partial charge in [0.25, 0.3) is 0 Å². The number of carbonyl (C=O) groups is 2. The molecule has 0 aromatic heterocycles. The zero-order valence-corrected chi connectivity index (χ0v) is 19.1. The van der Waals surface area contributed by atoms with Crippen LogP contribution in [0.25, 0.3) is 0 Å². The van der Waals surface area contributed by atoms with E-state index in [0.29, 0.717) is 6.54 Å². The van der Waals surface area contributed by atoms with Crippen LogP contribution in [-0.2, 0) is 16.1 Å². The average molecular weight is 407 g/mol. The van der Waals surface area contributed by atoms with E-state index < -0.39 is 0 Å². The lowest BCUT2D eigenvalue weighted by molar-refractivity contribution is -0.171. The molecule has 0 unspecified atom stereocenters. The summed E-state index contributed by atoms with van der Waals surface area (Å²) in [5, 5.41) is 0. The van der Waals surface area contributed by atoms with Crippen LogP contribution in [0.5, 0.6) is 0 Å². The fourth-order valence-corrected chi connectivity index (χ4v) is 4.29. The third-order valence-corrected chi connectivity index (χ3v) is 5.77. The van der Waals surface area contributed by atoms with E-state index in [9.17, 15) is 9.59 Å². The minimum Gasteiger partial charge on any atom is -0.334 e. The molecule has 4 nitrogen and oxygen atoms in total. The molecule has 2 atom stereocenters. The third kappa shape index (κ3) is 4.58. The van der Waals surface area contributed by atoms with E-state index in [0.717, 1.165) is 11.1 Å². The number of amides is 2. The van der Waals surface area contributed by atoms with Crippen LogP contribution in [0.4, 0.5) is 0 Å². The van der Waals surface area contributed by atoms with Gasteiger partial charge < -0.3 is 9.80 Å². The fourth-order valence-electron chi connectivity index (χ4n) is 4.29. The van der Waals surface area contributed by atoms with Crippen LogP contribution in [0, 0.1) is 5.92 Å². The van der Waals surface area contributed by atoms with Crippen LogP contribution < -0.4 is 0 Å². The van der Waals surface area contributed by atoms with Gasteiger partial charge in [-0.1, -0.05) is 60.7 Å². The molecule has 1 fully saturated rings. The van der Waals surface area contributed by atoms with E-state index in [4.69, 9.17) is 0 Å². The van der Waals surface area contributed by atoms with E-state index in [-0.39, 0.29) is 41.3 Å². The smallest absolute Gasteiger partial charge is 0.229 e. The summed E-state index contributed by atoms with van der Waals surface area (Å²) >= 11 is 0. The number of carbonyl (C=O) groups excluding carboxylic acids is 2. The maximum Gasteiger partial charge on any atom is 0.229 e. The minimum atomic E-state index is -0.328. The first-order valence-corrected chi connectivity index (χ1v) is 10.7. The fraction of sp³-hybridized carbons (Fsp3) is 0.462. The molecule has 1 aliphatic rings. The third-order valence-electron chi connectivity index (χ3n) is 5.77. The van der Waals surface area contributed by atoms with Gasteiger partial charge in [-0.25, -0.2) is 0 Å². The van der Waals surface area contributed by atoms with Crippen molar-refractivity contribution in [2.45, 2.75) is 71.6 Å². The zero-order chi connectivity index (χ0) is 22.1. The molecule has 0 aliphatic carbocycles. The second kappa shape index (κ2) is 8.25. The van der Waals surface area contributed by atoms with Gasteiger partial charge in [-0.15, -0.1) is 0 Å². The van der Waals surface area contributed by atoms with Crippen molar-refractivity contribution in [3.8, 4) is 0 Å². The Labute approximate surface area is 180 Å². The minimum absolute atomic E-state index is 0.0270. The molecule has 2 amide bonds. The van der Waals surface area contributed by atoms with Gasteiger partial charge in [-0.3, -0.25) is 9.59 Å². The Bertz CT molecular complexity index is 879. The first-order valence-electron chi connectivity index (χ1n) is 10.7. The van der Waals surface area contributed by atoms with Gasteiger partial charge in [-0.2, -0.15) is 0 Å². The van der Waals surface area contributed by atoms with Crippen molar-refractivity contribution in [2.24, 2.45) is 5.92 Å². The lowest BCUT2D eigenvalue weighted by atomic mass is 9.76. The van der Waals surface area contributed by atoms with Crippen LogP contribution in [0.15, 0.2) is 60.7 Å². The molecule has 0 spiro atoms. The average Bonchev–Trinajstić information content (AvgIpc) is 2.67. The first-order chi connectivity index (χ1) is 14.0. The molecule has 0 bridgehead atoms. The lowest BCUT2D eigenvalue weighted by Crippen LogP contribution is -2.63. The Morgan fingerprint density at radius 2 is 1.43 bits per heavy atom. The van der Waals surface area contributed by atoms with Gasteiger partial charge in [0.05, 0.1) is 12.0 Å². The molecule has 160 valence electrons. The van der Waals surface area contributed by atoms with Crippen molar-refractivity contribution in [2.75, 3.05) is 0 Å². The standard InChI is InChI=1S/C26H34N2O2/c1-25(2,3)27(18-19-13-9-7-10-14-19)22(29)17-21-23(20-15-11-8-12-16-20)28(24(21)30)26(4,5)6/h7-16,21,23H,17-18H2,1-6H3/t21-,23-/m1/s1. The van der Waals surface area contributed by atoms with Gasteiger partial charge in [0.2, 0.25) is 11.8 Å². The molecular weight excluding hydrogens is 372 g/mol. The number of nitrogens with zero attached hydrogens (tertiary/aromatic N) is 2. The summed E-state index contributed by atoms with van der Waals surface area (Å²) in [5.74, 6) is -0.225. The maximum atomic E-state index is 13.4. The Morgan fingerprint density at radius 1 is 0.900 bits per heavy atom. The van der Waals surface area contributed by atoms with Crippen molar-refractivity contribution in [3.05, 3.63) is 71.8 Å². The lowest BCUT2D eigenvalue weighted by Gasteiger charge is -2.54. The molecule has 0 radical (unpaired) electrons. The summed E-state index contributed by atoms with van der Waals surface area (Å²) < 4.78 is 0. The number of benzene rings is 2. The largest absolute Gasteiger partial charge is 0.334 e. The normalized spacial score (nSPS) is 19.4. The molecule has 4 heteroatoms. The van der Waals surface area contributed by atoms with Crippen molar-refractivity contribution in [1.29, 1.82) is 0 Å². The highest BCUT2D eigenvalue weighted by Gasteiger charge is 2.53. The number of hydrogen-bond acceptors (Lipinski definition) is 2. The first kappa shape index (κ1) is 22.1. The van der Waals surface area contributed by atoms with Crippen molar-refractivity contribution >= 4 is 11.8 Å².